The Morgan fingerprint density at radius 2 is 0.346 bits per heavy atom. The van der Waals surface area contributed by atoms with Crippen molar-refractivity contribution in [1.82, 2.24) is 0 Å². The minimum Gasteiger partial charge on any atom is -0.543 e. The van der Waals surface area contributed by atoms with Gasteiger partial charge in [-0.25, -0.2) is 0 Å². The van der Waals surface area contributed by atoms with Crippen molar-refractivity contribution in [2.45, 2.75) is 0 Å². The van der Waals surface area contributed by atoms with Crippen LogP contribution < -0.4 is 30.6 Å². The number of carbonyl (C=O) groups excluding carboxylic acids is 6. The first kappa shape index (κ1) is 75.9. The van der Waals surface area contributed by atoms with Crippen molar-refractivity contribution in [3.8, 4) is 0 Å². The third kappa shape index (κ3) is 99.3. The van der Waals surface area contributed by atoms with Gasteiger partial charge >= 0.3 is 34.1 Å². The molecule has 18 nitrogen and oxygen atoms in total. The first-order chi connectivity index (χ1) is 7.93. The maximum absolute atomic E-state index is 8.93. The fraction of sp³-hybridized carbons (Fsp3) is 0. The Bertz CT molecular complexity index is 285. The fourth-order valence-corrected chi connectivity index (χ4v) is 0. The summed E-state index contributed by atoms with van der Waals surface area (Å²) in [6.07, 6.45) is 0. The molecule has 160 valence electrons. The predicted octanol–water partition coefficient (Wildman–Crippen LogP) is -15.5. The molecular weight excluding hydrogens is 472 g/mol. The van der Waals surface area contributed by atoms with Crippen molar-refractivity contribution >= 4 is 35.8 Å². The summed E-state index contributed by atoms with van der Waals surface area (Å²) in [5.74, 6) is -13.1. The van der Waals surface area contributed by atoms with Gasteiger partial charge in [-0.15, -0.1) is 0 Å². The number of rotatable bonds is 0. The summed E-state index contributed by atoms with van der Waals surface area (Å²) in [5, 5.41) is 53.6. The molecule has 0 fully saturated rings. The third-order valence-electron chi connectivity index (χ3n) is 0.500. The maximum Gasteiger partial charge on any atom is 3.00 e. The molecule has 12 N–H and O–H groups in total. The molecule has 0 heterocycles. The molecule has 0 aliphatic heterocycles. The van der Waals surface area contributed by atoms with Gasteiger partial charge in [-0.2, -0.15) is 0 Å². The summed E-state index contributed by atoms with van der Waals surface area (Å²) >= 11 is 0. The Hall–Kier alpha value is -2.38. The molecule has 0 aromatic rings. The fourth-order valence-electron chi connectivity index (χ4n) is 0. The molecule has 0 amide bonds. The van der Waals surface area contributed by atoms with E-state index in [1.165, 1.54) is 0 Å². The van der Waals surface area contributed by atoms with Crippen LogP contribution >= 0.6 is 0 Å². The second kappa shape index (κ2) is 43.3. The van der Waals surface area contributed by atoms with Crippen LogP contribution in [0.3, 0.4) is 0 Å². The molecule has 0 atom stereocenters. The van der Waals surface area contributed by atoms with Gasteiger partial charge in [-0.1, -0.05) is 0 Å². The Morgan fingerprint density at radius 3 is 0.346 bits per heavy atom. The topological polar surface area (TPSA) is 430 Å². The van der Waals surface area contributed by atoms with Gasteiger partial charge in [-0.3, -0.25) is 0 Å². The molecule has 0 aromatic carbocycles. The number of hydrogen-bond acceptors (Lipinski definition) is 12. The van der Waals surface area contributed by atoms with Gasteiger partial charge in [0, 0.05) is 0 Å². The standard InChI is InChI=1S/3C2H2O4.2Fe.6H2O/c3*3-1(4)2(5)6;;;;;;;;/h3*(H,3,4)(H,5,6);;;6*1H2/q;;;2*+3;;;;;;/p-6. The molecule has 20 heteroatoms. The first-order valence-corrected chi connectivity index (χ1v) is 3.20. The van der Waals surface area contributed by atoms with Gasteiger partial charge in [-0.05, 0) is 0 Å². The molecule has 0 saturated carbocycles. The average Bonchev–Trinajstić information content (AvgIpc) is 2.18. The zero-order chi connectivity index (χ0) is 15.5. The van der Waals surface area contributed by atoms with E-state index in [9.17, 15) is 0 Å². The number of aliphatic carboxylic acids is 6. The van der Waals surface area contributed by atoms with Gasteiger partial charge in [0.15, 0.2) is 0 Å². The monoisotopic (exact) mass is 484 g/mol. The van der Waals surface area contributed by atoms with Gasteiger partial charge in [0.05, 0.1) is 35.8 Å². The molecule has 0 unspecified atom stereocenters. The molecule has 0 aliphatic rings. The average molecular weight is 484 g/mol. The van der Waals surface area contributed by atoms with Crippen molar-refractivity contribution in [3.63, 3.8) is 0 Å². The summed E-state index contributed by atoms with van der Waals surface area (Å²) in [5.41, 5.74) is 0. The number of carboxylic acid groups (broad SMARTS) is 6. The van der Waals surface area contributed by atoms with Crippen molar-refractivity contribution in [2.24, 2.45) is 0 Å². The number of carbonyl (C=O) groups is 6. The van der Waals surface area contributed by atoms with Crippen molar-refractivity contribution in [1.29, 1.82) is 0 Å². The second-order valence-corrected chi connectivity index (χ2v) is 1.72. The minimum absolute atomic E-state index is 0. The second-order valence-electron chi connectivity index (χ2n) is 1.72. The van der Waals surface area contributed by atoms with Crippen molar-refractivity contribution in [2.75, 3.05) is 0 Å². The summed E-state index contributed by atoms with van der Waals surface area (Å²) < 4.78 is 0. The zero-order valence-corrected chi connectivity index (χ0v) is 13.8. The van der Waals surface area contributed by atoms with Crippen LogP contribution in [0.1, 0.15) is 0 Å². The molecular formula is C6H12Fe2O18. The van der Waals surface area contributed by atoms with Gasteiger partial charge in [0.25, 0.3) is 0 Å². The predicted molar refractivity (Wildman–Crippen MR) is 51.7 cm³/mol. The quantitative estimate of drug-likeness (QED) is 0.228. The first-order valence-electron chi connectivity index (χ1n) is 3.20. The van der Waals surface area contributed by atoms with Crippen molar-refractivity contribution < 1.29 is 126 Å². The molecule has 0 aromatic heterocycles. The van der Waals surface area contributed by atoms with Gasteiger partial charge in [0.1, 0.15) is 0 Å². The van der Waals surface area contributed by atoms with Crippen LogP contribution in [0.2, 0.25) is 0 Å². The number of hydrogen-bond donors (Lipinski definition) is 0. The van der Waals surface area contributed by atoms with E-state index in [0.717, 1.165) is 0 Å². The Balaban J connectivity index is -0.0000000125. The van der Waals surface area contributed by atoms with E-state index >= 15 is 0 Å². The molecule has 26 heavy (non-hydrogen) atoms. The Kier molecular flexibility index (Phi) is 126. The summed E-state index contributed by atoms with van der Waals surface area (Å²) in [7, 11) is 0. The Morgan fingerprint density at radius 1 is 0.308 bits per heavy atom. The van der Waals surface area contributed by atoms with E-state index in [1.54, 1.807) is 0 Å². The molecule has 0 bridgehead atoms. The van der Waals surface area contributed by atoms with Crippen molar-refractivity contribution in [3.05, 3.63) is 0 Å². The summed E-state index contributed by atoms with van der Waals surface area (Å²) in [6.45, 7) is 0. The van der Waals surface area contributed by atoms with Crippen LogP contribution in [0.15, 0.2) is 0 Å². The Labute approximate surface area is 162 Å². The van der Waals surface area contributed by atoms with Crippen LogP contribution in [-0.2, 0) is 62.9 Å². The van der Waals surface area contributed by atoms with Crippen LogP contribution in [0.4, 0.5) is 0 Å². The van der Waals surface area contributed by atoms with E-state index < -0.39 is 35.8 Å². The molecule has 0 rings (SSSR count). The van der Waals surface area contributed by atoms with E-state index in [4.69, 9.17) is 59.4 Å². The molecule has 0 spiro atoms. The van der Waals surface area contributed by atoms with E-state index in [2.05, 4.69) is 0 Å². The van der Waals surface area contributed by atoms with Crippen LogP contribution in [-0.4, -0.2) is 68.7 Å². The minimum atomic E-state index is -2.19. The van der Waals surface area contributed by atoms with Crippen LogP contribution in [0.5, 0.6) is 0 Å². The molecule has 0 aliphatic carbocycles. The number of carboxylic acids is 6. The van der Waals surface area contributed by atoms with Gasteiger partial charge in [0.2, 0.25) is 0 Å². The van der Waals surface area contributed by atoms with Gasteiger partial charge < -0.3 is 92.3 Å². The zero-order valence-electron chi connectivity index (χ0n) is 11.6. The van der Waals surface area contributed by atoms with Crippen LogP contribution in [0.25, 0.3) is 0 Å². The summed E-state index contributed by atoms with van der Waals surface area (Å²) in [6, 6.07) is 0. The SMILES string of the molecule is O.O.O.O.O.O.O=C([O-])C(=O)[O-].O=C([O-])C(=O)[O-].O=C([O-])C(=O)[O-].[Fe+3].[Fe+3]. The molecule has 2 radical (unpaired) electrons. The summed E-state index contributed by atoms with van der Waals surface area (Å²) in [4.78, 5) is 53.6. The maximum atomic E-state index is 8.93. The van der Waals surface area contributed by atoms with E-state index in [-0.39, 0.29) is 67.0 Å². The van der Waals surface area contributed by atoms with E-state index in [1.807, 2.05) is 0 Å². The molecule has 0 saturated heterocycles. The normalized spacial score (nSPS) is 5.08. The van der Waals surface area contributed by atoms with E-state index in [0.29, 0.717) is 0 Å². The van der Waals surface area contributed by atoms with Crippen LogP contribution in [0, 0.1) is 0 Å². The largest absolute Gasteiger partial charge is 3.00 e. The smallest absolute Gasteiger partial charge is 0.543 e. The third-order valence-corrected chi connectivity index (χ3v) is 0.500.